The normalized spacial score (nSPS) is 10.3. The van der Waals surface area contributed by atoms with Gasteiger partial charge in [0.15, 0.2) is 0 Å². The van der Waals surface area contributed by atoms with Gasteiger partial charge in [0, 0.05) is 20.7 Å². The predicted octanol–water partition coefficient (Wildman–Crippen LogP) is 4.97. The Balaban J connectivity index is 2.24. The maximum Gasteiger partial charge on any atom is 0.255 e. The Kier molecular flexibility index (Phi) is 4.27. The lowest BCUT2D eigenvalue weighted by Gasteiger charge is -2.10. The van der Waals surface area contributed by atoms with Crippen LogP contribution in [0.5, 0.6) is 0 Å². The molecule has 2 aromatic carbocycles. The molecule has 19 heavy (non-hydrogen) atoms. The Morgan fingerprint density at radius 1 is 1.16 bits per heavy atom. The van der Waals surface area contributed by atoms with Gasteiger partial charge in [0.05, 0.1) is 0 Å². The summed E-state index contributed by atoms with van der Waals surface area (Å²) in [6, 6.07) is 10.7. The van der Waals surface area contributed by atoms with E-state index in [1.807, 2.05) is 26.0 Å². The molecule has 4 heteroatoms. The number of carbonyl (C=O) groups excluding carboxylic acids is 1. The van der Waals surface area contributed by atoms with Crippen LogP contribution in [-0.4, -0.2) is 5.91 Å². The molecule has 1 amide bonds. The lowest BCUT2D eigenvalue weighted by Crippen LogP contribution is -2.12. The highest BCUT2D eigenvalue weighted by atomic mass is 79.9. The van der Waals surface area contributed by atoms with Crippen molar-refractivity contribution in [3.63, 3.8) is 0 Å². The predicted molar refractivity (Wildman–Crippen MR) is 83.0 cm³/mol. The van der Waals surface area contributed by atoms with Gasteiger partial charge in [-0.05, 0) is 55.3 Å². The summed E-state index contributed by atoms with van der Waals surface area (Å²) in [6.07, 6.45) is 0. The molecule has 0 unspecified atom stereocenters. The first-order valence-corrected chi connectivity index (χ1v) is 6.98. The molecule has 0 spiro atoms. The van der Waals surface area contributed by atoms with Crippen molar-refractivity contribution in [3.8, 4) is 0 Å². The van der Waals surface area contributed by atoms with E-state index in [0.717, 1.165) is 21.3 Å². The Morgan fingerprint density at radius 2 is 1.79 bits per heavy atom. The minimum absolute atomic E-state index is 0.163. The summed E-state index contributed by atoms with van der Waals surface area (Å²) >= 11 is 9.38. The van der Waals surface area contributed by atoms with Gasteiger partial charge in [-0.15, -0.1) is 0 Å². The lowest BCUT2D eigenvalue weighted by molar-refractivity contribution is 0.102. The van der Waals surface area contributed by atoms with Crippen LogP contribution in [0.2, 0.25) is 5.02 Å². The highest BCUT2D eigenvalue weighted by molar-refractivity contribution is 9.10. The molecule has 0 aliphatic carbocycles. The van der Waals surface area contributed by atoms with Crippen LogP contribution in [0.25, 0.3) is 0 Å². The number of carbonyl (C=O) groups is 1. The first-order chi connectivity index (χ1) is 8.97. The minimum Gasteiger partial charge on any atom is -0.322 e. The second-order valence-electron chi connectivity index (χ2n) is 4.39. The fraction of sp³-hybridized carbons (Fsp3) is 0.133. The number of nitrogens with one attached hydrogen (secondary N) is 1. The number of hydrogen-bond donors (Lipinski definition) is 1. The Bertz CT molecular complexity index is 617. The van der Waals surface area contributed by atoms with E-state index in [9.17, 15) is 4.79 Å². The molecule has 0 saturated heterocycles. The van der Waals surface area contributed by atoms with Crippen molar-refractivity contribution < 1.29 is 4.79 Å². The molecule has 0 saturated carbocycles. The van der Waals surface area contributed by atoms with E-state index in [-0.39, 0.29) is 5.91 Å². The highest BCUT2D eigenvalue weighted by Gasteiger charge is 2.08. The van der Waals surface area contributed by atoms with Crippen molar-refractivity contribution in [2.24, 2.45) is 0 Å². The third-order valence-electron chi connectivity index (χ3n) is 2.78. The molecular weight excluding hydrogens is 326 g/mol. The average Bonchev–Trinajstić information content (AvgIpc) is 2.36. The second kappa shape index (κ2) is 5.76. The smallest absolute Gasteiger partial charge is 0.255 e. The van der Waals surface area contributed by atoms with Crippen molar-refractivity contribution in [1.82, 2.24) is 0 Å². The van der Waals surface area contributed by atoms with E-state index in [1.165, 1.54) is 0 Å². The van der Waals surface area contributed by atoms with E-state index in [1.54, 1.807) is 24.3 Å². The van der Waals surface area contributed by atoms with Gasteiger partial charge in [0.1, 0.15) is 0 Å². The van der Waals surface area contributed by atoms with Gasteiger partial charge in [0.25, 0.3) is 5.91 Å². The molecule has 2 rings (SSSR count). The Hall–Kier alpha value is -1.32. The maximum atomic E-state index is 12.1. The van der Waals surface area contributed by atoms with Gasteiger partial charge in [0.2, 0.25) is 0 Å². The van der Waals surface area contributed by atoms with Crippen LogP contribution in [0.1, 0.15) is 21.5 Å². The molecule has 1 N–H and O–H groups in total. The number of anilines is 1. The van der Waals surface area contributed by atoms with Gasteiger partial charge >= 0.3 is 0 Å². The Morgan fingerprint density at radius 3 is 2.37 bits per heavy atom. The second-order valence-corrected chi connectivity index (χ2v) is 5.62. The third kappa shape index (κ3) is 3.37. The van der Waals surface area contributed by atoms with Crippen molar-refractivity contribution in [3.05, 3.63) is 62.6 Å². The van der Waals surface area contributed by atoms with Gasteiger partial charge in [-0.1, -0.05) is 33.6 Å². The molecule has 98 valence electrons. The van der Waals surface area contributed by atoms with Crippen molar-refractivity contribution in [2.75, 3.05) is 5.32 Å². The van der Waals surface area contributed by atoms with Crippen LogP contribution >= 0.6 is 27.5 Å². The minimum atomic E-state index is -0.163. The van der Waals surface area contributed by atoms with E-state index in [4.69, 9.17) is 11.6 Å². The van der Waals surface area contributed by atoms with Crippen LogP contribution in [-0.2, 0) is 0 Å². The summed E-state index contributed by atoms with van der Waals surface area (Å²) < 4.78 is 1.06. The van der Waals surface area contributed by atoms with Crippen molar-refractivity contribution in [2.45, 2.75) is 13.8 Å². The fourth-order valence-electron chi connectivity index (χ4n) is 1.85. The van der Waals surface area contributed by atoms with Crippen LogP contribution < -0.4 is 5.32 Å². The molecule has 0 heterocycles. The molecule has 0 bridgehead atoms. The van der Waals surface area contributed by atoms with Crippen molar-refractivity contribution >= 4 is 39.1 Å². The van der Waals surface area contributed by atoms with E-state index >= 15 is 0 Å². The summed E-state index contributed by atoms with van der Waals surface area (Å²) in [7, 11) is 0. The van der Waals surface area contributed by atoms with Crippen molar-refractivity contribution in [1.29, 1.82) is 0 Å². The quantitative estimate of drug-likeness (QED) is 0.823. The molecule has 0 aliphatic heterocycles. The number of benzene rings is 2. The topological polar surface area (TPSA) is 29.1 Å². The van der Waals surface area contributed by atoms with Crippen LogP contribution in [0, 0.1) is 13.8 Å². The maximum absolute atomic E-state index is 12.1. The number of amides is 1. The molecule has 0 radical (unpaired) electrons. The van der Waals surface area contributed by atoms with E-state index in [0.29, 0.717) is 10.6 Å². The zero-order valence-corrected chi connectivity index (χ0v) is 13.0. The van der Waals surface area contributed by atoms with Gasteiger partial charge in [-0.2, -0.15) is 0 Å². The SMILES string of the molecule is Cc1cc(NC(=O)c2cccc(Cl)c2)cc(C)c1Br. The van der Waals surface area contributed by atoms with Gasteiger partial charge < -0.3 is 5.32 Å². The summed E-state index contributed by atoms with van der Waals surface area (Å²) in [4.78, 5) is 12.1. The van der Waals surface area contributed by atoms with E-state index in [2.05, 4.69) is 21.2 Å². The average molecular weight is 339 g/mol. The summed E-state index contributed by atoms with van der Waals surface area (Å²) in [5.74, 6) is -0.163. The van der Waals surface area contributed by atoms with E-state index < -0.39 is 0 Å². The lowest BCUT2D eigenvalue weighted by atomic mass is 10.1. The summed E-state index contributed by atoms with van der Waals surface area (Å²) in [5, 5.41) is 3.43. The first-order valence-electron chi connectivity index (χ1n) is 5.81. The summed E-state index contributed by atoms with van der Waals surface area (Å²) in [5.41, 5.74) is 3.50. The molecule has 0 aromatic heterocycles. The molecular formula is C15H13BrClNO. The third-order valence-corrected chi connectivity index (χ3v) is 4.27. The van der Waals surface area contributed by atoms with Crippen LogP contribution in [0.3, 0.4) is 0 Å². The monoisotopic (exact) mass is 337 g/mol. The number of rotatable bonds is 2. The zero-order chi connectivity index (χ0) is 14.0. The standard InChI is InChI=1S/C15H13BrClNO/c1-9-6-13(7-10(2)14(9)16)18-15(19)11-4-3-5-12(17)8-11/h3-8H,1-2H3,(H,18,19). The molecule has 0 fully saturated rings. The zero-order valence-electron chi connectivity index (χ0n) is 10.6. The molecule has 2 aromatic rings. The summed E-state index contributed by atoms with van der Waals surface area (Å²) in [6.45, 7) is 3.98. The Labute approximate surface area is 125 Å². The van der Waals surface area contributed by atoms with Crippen LogP contribution in [0.4, 0.5) is 5.69 Å². The largest absolute Gasteiger partial charge is 0.322 e. The number of hydrogen-bond acceptors (Lipinski definition) is 1. The van der Waals surface area contributed by atoms with Gasteiger partial charge in [-0.25, -0.2) is 0 Å². The highest BCUT2D eigenvalue weighted by Crippen LogP contribution is 2.25. The van der Waals surface area contributed by atoms with Crippen LogP contribution in [0.15, 0.2) is 40.9 Å². The number of aryl methyl sites for hydroxylation is 2. The first kappa shape index (κ1) is 14.1. The number of halogens is 2. The molecule has 2 nitrogen and oxygen atoms in total. The molecule has 0 atom stereocenters. The molecule has 0 aliphatic rings. The van der Waals surface area contributed by atoms with Gasteiger partial charge in [-0.3, -0.25) is 4.79 Å². The fourth-order valence-corrected chi connectivity index (χ4v) is 2.27.